The first-order chi connectivity index (χ1) is 9.49. The van der Waals surface area contributed by atoms with Crippen LogP contribution in [0.15, 0.2) is 24.3 Å². The van der Waals surface area contributed by atoms with E-state index in [0.717, 1.165) is 12.1 Å². The predicted molar refractivity (Wildman–Crippen MR) is 69.6 cm³/mol. The van der Waals surface area contributed by atoms with Crippen LogP contribution in [0.25, 0.3) is 0 Å². The average molecular weight is 303 g/mol. The topological polar surface area (TPSA) is 66.4 Å². The highest BCUT2D eigenvalue weighted by Gasteiger charge is 2.30. The van der Waals surface area contributed by atoms with Gasteiger partial charge < -0.3 is 10.4 Å². The van der Waals surface area contributed by atoms with E-state index in [-0.39, 0.29) is 12.8 Å². The molecule has 0 atom stereocenters. The molecule has 0 bridgehead atoms. The molecule has 0 spiro atoms. The number of carbonyl (C=O) groups excluding carboxylic acids is 1. The highest BCUT2D eigenvalue weighted by Crippen LogP contribution is 2.29. The lowest BCUT2D eigenvalue weighted by molar-refractivity contribution is -0.139. The molecule has 7 heteroatoms. The number of carbonyl (C=O) groups is 2. The molecule has 0 radical (unpaired) electrons. The zero-order valence-electron chi connectivity index (χ0n) is 11.6. The van der Waals surface area contributed by atoms with Gasteiger partial charge in [0, 0.05) is 5.54 Å². The molecule has 0 heterocycles. The normalized spacial score (nSPS) is 12.0. The number of hydrogen-bond donors (Lipinski definition) is 2. The zero-order chi connectivity index (χ0) is 16.3. The van der Waals surface area contributed by atoms with E-state index >= 15 is 0 Å². The molecule has 0 fully saturated rings. The Hall–Kier alpha value is -2.05. The van der Waals surface area contributed by atoms with Crippen LogP contribution in [0, 0.1) is 0 Å². The summed E-state index contributed by atoms with van der Waals surface area (Å²) in [5.74, 6) is -1.49. The monoisotopic (exact) mass is 303 g/mol. The average Bonchev–Trinajstić information content (AvgIpc) is 2.25. The van der Waals surface area contributed by atoms with E-state index in [1.54, 1.807) is 13.8 Å². The number of carboxylic acid groups (broad SMARTS) is 1. The van der Waals surface area contributed by atoms with E-state index in [1.165, 1.54) is 12.1 Å². The third-order valence-corrected chi connectivity index (χ3v) is 2.72. The van der Waals surface area contributed by atoms with Crippen molar-refractivity contribution in [3.63, 3.8) is 0 Å². The van der Waals surface area contributed by atoms with E-state index in [1.807, 2.05) is 0 Å². The Kier molecular flexibility index (Phi) is 4.98. The smallest absolute Gasteiger partial charge is 0.416 e. The molecule has 1 amide bonds. The number of aliphatic carboxylic acids is 1. The van der Waals surface area contributed by atoms with E-state index in [4.69, 9.17) is 5.11 Å². The molecule has 0 aromatic heterocycles. The van der Waals surface area contributed by atoms with E-state index in [0.29, 0.717) is 5.56 Å². The number of nitrogens with one attached hydrogen (secondary N) is 1. The molecular formula is C14H16F3NO3. The van der Waals surface area contributed by atoms with Crippen molar-refractivity contribution in [2.45, 2.75) is 38.4 Å². The van der Waals surface area contributed by atoms with Gasteiger partial charge in [-0.1, -0.05) is 12.1 Å². The van der Waals surface area contributed by atoms with Gasteiger partial charge in [0.05, 0.1) is 18.4 Å². The molecule has 0 aliphatic heterocycles. The number of halogens is 3. The molecule has 0 unspecified atom stereocenters. The number of benzene rings is 1. The zero-order valence-corrected chi connectivity index (χ0v) is 11.6. The van der Waals surface area contributed by atoms with Crippen molar-refractivity contribution in [2.75, 3.05) is 0 Å². The van der Waals surface area contributed by atoms with Crippen molar-refractivity contribution in [2.24, 2.45) is 0 Å². The second kappa shape index (κ2) is 6.15. The predicted octanol–water partition coefficient (Wildman–Crippen LogP) is 2.62. The molecule has 0 aliphatic rings. The van der Waals surface area contributed by atoms with Crippen LogP contribution in [0.2, 0.25) is 0 Å². The molecular weight excluding hydrogens is 287 g/mol. The van der Waals surface area contributed by atoms with Crippen LogP contribution in [0.5, 0.6) is 0 Å². The van der Waals surface area contributed by atoms with Gasteiger partial charge in [-0.2, -0.15) is 13.2 Å². The van der Waals surface area contributed by atoms with E-state index in [2.05, 4.69) is 5.32 Å². The summed E-state index contributed by atoms with van der Waals surface area (Å²) in [6.45, 7) is 3.12. The first-order valence-corrected chi connectivity index (χ1v) is 6.18. The van der Waals surface area contributed by atoms with Gasteiger partial charge in [0.15, 0.2) is 0 Å². The fourth-order valence-electron chi connectivity index (χ4n) is 1.84. The summed E-state index contributed by atoms with van der Waals surface area (Å²) in [7, 11) is 0. The van der Waals surface area contributed by atoms with Crippen molar-refractivity contribution >= 4 is 11.9 Å². The molecule has 1 aromatic carbocycles. The molecule has 0 saturated heterocycles. The molecule has 2 N–H and O–H groups in total. The molecule has 0 aliphatic carbocycles. The van der Waals surface area contributed by atoms with Crippen LogP contribution in [-0.4, -0.2) is 22.5 Å². The van der Waals surface area contributed by atoms with Crippen LogP contribution >= 0.6 is 0 Å². The summed E-state index contributed by atoms with van der Waals surface area (Å²) in [5.41, 5.74) is -1.28. The van der Waals surface area contributed by atoms with E-state index < -0.39 is 29.2 Å². The second-order valence-corrected chi connectivity index (χ2v) is 5.37. The number of carboxylic acids is 1. The number of rotatable bonds is 5. The van der Waals surface area contributed by atoms with Crippen LogP contribution in [0.4, 0.5) is 13.2 Å². The summed E-state index contributed by atoms with van der Waals surface area (Å²) >= 11 is 0. The lowest BCUT2D eigenvalue weighted by Crippen LogP contribution is -2.45. The highest BCUT2D eigenvalue weighted by molar-refractivity contribution is 5.80. The first kappa shape index (κ1) is 17.0. The van der Waals surface area contributed by atoms with Crippen LogP contribution in [-0.2, 0) is 22.2 Å². The standard InChI is InChI=1S/C14H16F3NO3/c1-13(2,8-12(20)21)18-11(19)7-9-3-5-10(6-4-9)14(15,16)17/h3-6H,7-8H2,1-2H3,(H,18,19)(H,20,21). The maximum atomic E-state index is 12.4. The van der Waals surface area contributed by atoms with Crippen molar-refractivity contribution in [1.82, 2.24) is 5.32 Å². The minimum atomic E-state index is -4.41. The van der Waals surface area contributed by atoms with Crippen LogP contribution in [0.1, 0.15) is 31.4 Å². The Morgan fingerprint density at radius 1 is 1.14 bits per heavy atom. The van der Waals surface area contributed by atoms with Crippen molar-refractivity contribution in [1.29, 1.82) is 0 Å². The SMILES string of the molecule is CC(C)(CC(=O)O)NC(=O)Cc1ccc(C(F)(F)F)cc1. The van der Waals surface area contributed by atoms with Gasteiger partial charge in [0.2, 0.25) is 5.91 Å². The minimum absolute atomic E-state index is 0.110. The van der Waals surface area contributed by atoms with Gasteiger partial charge >= 0.3 is 12.1 Å². The van der Waals surface area contributed by atoms with Crippen LogP contribution < -0.4 is 5.32 Å². The van der Waals surface area contributed by atoms with Crippen molar-refractivity contribution in [3.8, 4) is 0 Å². The summed E-state index contributed by atoms with van der Waals surface area (Å²) in [6, 6.07) is 4.27. The number of amides is 1. The Morgan fingerprint density at radius 3 is 2.10 bits per heavy atom. The largest absolute Gasteiger partial charge is 0.481 e. The molecule has 1 aromatic rings. The molecule has 4 nitrogen and oxygen atoms in total. The lowest BCUT2D eigenvalue weighted by atomic mass is 10.00. The Balaban J connectivity index is 2.65. The second-order valence-electron chi connectivity index (χ2n) is 5.37. The third kappa shape index (κ3) is 5.85. The van der Waals surface area contributed by atoms with Crippen molar-refractivity contribution in [3.05, 3.63) is 35.4 Å². The quantitative estimate of drug-likeness (QED) is 0.878. The maximum absolute atomic E-state index is 12.4. The Bertz CT molecular complexity index is 521. The molecule has 21 heavy (non-hydrogen) atoms. The summed E-state index contributed by atoms with van der Waals surface area (Å²) in [4.78, 5) is 22.4. The Labute approximate surface area is 120 Å². The van der Waals surface area contributed by atoms with Gasteiger partial charge in [0.25, 0.3) is 0 Å². The Morgan fingerprint density at radius 2 is 1.67 bits per heavy atom. The fourth-order valence-corrected chi connectivity index (χ4v) is 1.84. The van der Waals surface area contributed by atoms with Gasteiger partial charge in [-0.15, -0.1) is 0 Å². The third-order valence-electron chi connectivity index (χ3n) is 2.72. The molecule has 1 rings (SSSR count). The maximum Gasteiger partial charge on any atom is 0.416 e. The summed E-state index contributed by atoms with van der Waals surface area (Å²) in [5, 5.41) is 11.2. The van der Waals surface area contributed by atoms with E-state index in [9.17, 15) is 22.8 Å². The van der Waals surface area contributed by atoms with Gasteiger partial charge in [0.1, 0.15) is 0 Å². The van der Waals surface area contributed by atoms with Crippen molar-refractivity contribution < 1.29 is 27.9 Å². The number of hydrogen-bond acceptors (Lipinski definition) is 2. The summed E-state index contributed by atoms with van der Waals surface area (Å²) in [6.07, 6.45) is -4.77. The number of alkyl halides is 3. The minimum Gasteiger partial charge on any atom is -0.481 e. The fraction of sp³-hybridized carbons (Fsp3) is 0.429. The summed E-state index contributed by atoms with van der Waals surface area (Å²) < 4.78 is 37.2. The van der Waals surface area contributed by atoms with Crippen LogP contribution in [0.3, 0.4) is 0 Å². The van der Waals surface area contributed by atoms with Gasteiger partial charge in [-0.25, -0.2) is 0 Å². The lowest BCUT2D eigenvalue weighted by Gasteiger charge is -2.24. The van der Waals surface area contributed by atoms with Gasteiger partial charge in [-0.3, -0.25) is 9.59 Å². The molecule has 116 valence electrons. The van der Waals surface area contributed by atoms with Gasteiger partial charge in [-0.05, 0) is 31.5 Å². The molecule has 0 saturated carbocycles. The highest BCUT2D eigenvalue weighted by atomic mass is 19.4. The first-order valence-electron chi connectivity index (χ1n) is 6.18.